The molecule has 2 rings (SSSR count). The van der Waals surface area contributed by atoms with Gasteiger partial charge in [0.25, 0.3) is 0 Å². The quantitative estimate of drug-likeness (QED) is 0.874. The molecule has 0 heterocycles. The lowest BCUT2D eigenvalue weighted by Gasteiger charge is -2.27. The number of hydrogen-bond acceptors (Lipinski definition) is 3. The van der Waals surface area contributed by atoms with Gasteiger partial charge in [-0.25, -0.2) is 0 Å². The zero-order valence-electron chi connectivity index (χ0n) is 12.2. The number of carbonyl (C=O) groups excluding carboxylic acids is 1. The third-order valence-corrected chi connectivity index (χ3v) is 3.86. The van der Waals surface area contributed by atoms with Crippen LogP contribution in [0.1, 0.15) is 32.6 Å². The van der Waals surface area contributed by atoms with Crippen LogP contribution in [0, 0.1) is 11.8 Å². The third-order valence-electron chi connectivity index (χ3n) is 3.86. The van der Waals surface area contributed by atoms with Crippen molar-refractivity contribution in [3.63, 3.8) is 0 Å². The van der Waals surface area contributed by atoms with Crippen LogP contribution in [0.2, 0.25) is 0 Å². The number of benzene rings is 1. The molecule has 114 valence electrons. The van der Waals surface area contributed by atoms with Crippen LogP contribution >= 0.6 is 0 Å². The standard InChI is InChI=1S/C16H21NO4/c1-2-21-14-10-6-5-9-13(14)17-15(18)11-7-3-4-8-12(11)16(19)20/h5-6,9-12H,2-4,7-8H2,1H3,(H,17,18)(H,19,20)/t11-,12-/m0/s1. The molecule has 5 nitrogen and oxygen atoms in total. The summed E-state index contributed by atoms with van der Waals surface area (Å²) in [6.45, 7) is 2.38. The number of carbonyl (C=O) groups is 2. The molecule has 1 aromatic rings. The summed E-state index contributed by atoms with van der Waals surface area (Å²) in [6, 6.07) is 7.20. The van der Waals surface area contributed by atoms with Crippen molar-refractivity contribution in [3.8, 4) is 5.75 Å². The SMILES string of the molecule is CCOc1ccccc1NC(=O)[C@H]1CCCC[C@@H]1C(=O)O. The lowest BCUT2D eigenvalue weighted by Crippen LogP contribution is -2.36. The van der Waals surface area contributed by atoms with Gasteiger partial charge in [0.1, 0.15) is 5.75 Å². The minimum Gasteiger partial charge on any atom is -0.492 e. The second kappa shape index (κ2) is 7.11. The predicted molar refractivity (Wildman–Crippen MR) is 79.3 cm³/mol. The molecule has 0 aliphatic heterocycles. The first-order chi connectivity index (χ1) is 10.1. The summed E-state index contributed by atoms with van der Waals surface area (Å²) in [5.41, 5.74) is 0.596. The molecule has 0 radical (unpaired) electrons. The Morgan fingerprint density at radius 3 is 2.57 bits per heavy atom. The highest BCUT2D eigenvalue weighted by Gasteiger charge is 2.35. The van der Waals surface area contributed by atoms with Gasteiger partial charge in [-0.1, -0.05) is 25.0 Å². The van der Waals surface area contributed by atoms with Crippen molar-refractivity contribution >= 4 is 17.6 Å². The van der Waals surface area contributed by atoms with E-state index < -0.39 is 17.8 Å². The van der Waals surface area contributed by atoms with Crippen molar-refractivity contribution in [2.75, 3.05) is 11.9 Å². The fourth-order valence-corrected chi connectivity index (χ4v) is 2.82. The minimum atomic E-state index is -0.882. The van der Waals surface area contributed by atoms with Crippen molar-refractivity contribution in [1.29, 1.82) is 0 Å². The number of para-hydroxylation sites is 2. The molecule has 5 heteroatoms. The normalized spacial score (nSPS) is 21.6. The molecule has 2 N–H and O–H groups in total. The van der Waals surface area contributed by atoms with Crippen molar-refractivity contribution in [2.24, 2.45) is 11.8 Å². The Morgan fingerprint density at radius 2 is 1.90 bits per heavy atom. The summed E-state index contributed by atoms with van der Waals surface area (Å²) in [4.78, 5) is 23.7. The number of hydrogen-bond donors (Lipinski definition) is 2. The van der Waals surface area contributed by atoms with Crippen LogP contribution in [0.5, 0.6) is 5.75 Å². The molecule has 1 fully saturated rings. The number of nitrogens with one attached hydrogen (secondary N) is 1. The Balaban J connectivity index is 2.11. The van der Waals surface area contributed by atoms with E-state index in [1.807, 2.05) is 19.1 Å². The summed E-state index contributed by atoms with van der Waals surface area (Å²) in [5, 5.41) is 12.1. The number of carboxylic acid groups (broad SMARTS) is 1. The van der Waals surface area contributed by atoms with Gasteiger partial charge in [0.2, 0.25) is 5.91 Å². The fourth-order valence-electron chi connectivity index (χ4n) is 2.82. The predicted octanol–water partition coefficient (Wildman–Crippen LogP) is 2.91. The molecule has 1 saturated carbocycles. The highest BCUT2D eigenvalue weighted by molar-refractivity contribution is 5.96. The Bertz CT molecular complexity index is 515. The molecule has 21 heavy (non-hydrogen) atoms. The topological polar surface area (TPSA) is 75.6 Å². The maximum Gasteiger partial charge on any atom is 0.307 e. The second-order valence-electron chi connectivity index (χ2n) is 5.25. The Kier molecular flexibility index (Phi) is 5.20. The van der Waals surface area contributed by atoms with Crippen LogP contribution < -0.4 is 10.1 Å². The third kappa shape index (κ3) is 3.74. The number of aliphatic carboxylic acids is 1. The first-order valence-corrected chi connectivity index (χ1v) is 7.39. The summed E-state index contributed by atoms with van der Waals surface area (Å²) in [5.74, 6) is -1.55. The van der Waals surface area contributed by atoms with Gasteiger partial charge >= 0.3 is 5.97 Å². The largest absolute Gasteiger partial charge is 0.492 e. The van der Waals surface area contributed by atoms with Gasteiger partial charge in [0.05, 0.1) is 24.1 Å². The summed E-state index contributed by atoms with van der Waals surface area (Å²) in [6.07, 6.45) is 2.96. The first kappa shape index (κ1) is 15.4. The highest BCUT2D eigenvalue weighted by Crippen LogP contribution is 2.32. The van der Waals surface area contributed by atoms with Gasteiger partial charge in [-0.2, -0.15) is 0 Å². The molecule has 1 aliphatic rings. The minimum absolute atomic E-state index is 0.228. The molecular weight excluding hydrogens is 270 g/mol. The van der Waals surface area contributed by atoms with E-state index in [-0.39, 0.29) is 5.91 Å². The molecule has 1 aromatic carbocycles. The Morgan fingerprint density at radius 1 is 1.24 bits per heavy atom. The van der Waals surface area contributed by atoms with Crippen LogP contribution in [0.4, 0.5) is 5.69 Å². The van der Waals surface area contributed by atoms with Gasteiger partial charge in [-0.3, -0.25) is 9.59 Å². The van der Waals surface area contributed by atoms with E-state index in [1.165, 1.54) is 0 Å². The molecular formula is C16H21NO4. The lowest BCUT2D eigenvalue weighted by atomic mass is 9.78. The number of rotatable bonds is 5. The van der Waals surface area contributed by atoms with Crippen LogP contribution in [0.25, 0.3) is 0 Å². The van der Waals surface area contributed by atoms with Crippen molar-refractivity contribution in [2.45, 2.75) is 32.6 Å². The molecule has 1 aliphatic carbocycles. The zero-order valence-corrected chi connectivity index (χ0v) is 12.2. The monoisotopic (exact) mass is 291 g/mol. The summed E-state index contributed by atoms with van der Waals surface area (Å²) < 4.78 is 5.47. The van der Waals surface area contributed by atoms with Crippen molar-refractivity contribution < 1.29 is 19.4 Å². The Hall–Kier alpha value is -2.04. The maximum atomic E-state index is 12.4. The molecule has 2 atom stereocenters. The van der Waals surface area contributed by atoms with Crippen LogP contribution in [0.15, 0.2) is 24.3 Å². The van der Waals surface area contributed by atoms with E-state index in [9.17, 15) is 14.7 Å². The molecule has 0 saturated heterocycles. The molecule has 0 aromatic heterocycles. The zero-order chi connectivity index (χ0) is 15.2. The smallest absolute Gasteiger partial charge is 0.307 e. The number of anilines is 1. The van der Waals surface area contributed by atoms with Crippen molar-refractivity contribution in [1.82, 2.24) is 0 Å². The second-order valence-corrected chi connectivity index (χ2v) is 5.25. The van der Waals surface area contributed by atoms with Crippen LogP contribution in [-0.4, -0.2) is 23.6 Å². The van der Waals surface area contributed by atoms with Gasteiger partial charge in [0.15, 0.2) is 0 Å². The summed E-state index contributed by atoms with van der Waals surface area (Å²) in [7, 11) is 0. The van der Waals surface area contributed by atoms with E-state index in [1.54, 1.807) is 12.1 Å². The number of carboxylic acids is 1. The van der Waals surface area contributed by atoms with Gasteiger partial charge in [-0.15, -0.1) is 0 Å². The average molecular weight is 291 g/mol. The van der Waals surface area contributed by atoms with Gasteiger partial charge < -0.3 is 15.2 Å². The van der Waals surface area contributed by atoms with Crippen LogP contribution in [-0.2, 0) is 9.59 Å². The first-order valence-electron chi connectivity index (χ1n) is 7.39. The maximum absolute atomic E-state index is 12.4. The van der Waals surface area contributed by atoms with Gasteiger partial charge in [0, 0.05) is 0 Å². The Labute approximate surface area is 124 Å². The highest BCUT2D eigenvalue weighted by atomic mass is 16.5. The average Bonchev–Trinajstić information content (AvgIpc) is 2.49. The van der Waals surface area contributed by atoms with E-state index >= 15 is 0 Å². The number of amides is 1. The number of ether oxygens (including phenoxy) is 1. The van der Waals surface area contributed by atoms with E-state index in [0.29, 0.717) is 30.9 Å². The fraction of sp³-hybridized carbons (Fsp3) is 0.500. The van der Waals surface area contributed by atoms with Gasteiger partial charge in [-0.05, 0) is 31.9 Å². The van der Waals surface area contributed by atoms with Crippen LogP contribution in [0.3, 0.4) is 0 Å². The molecule has 0 spiro atoms. The van der Waals surface area contributed by atoms with E-state index in [4.69, 9.17) is 4.74 Å². The summed E-state index contributed by atoms with van der Waals surface area (Å²) >= 11 is 0. The molecule has 0 unspecified atom stereocenters. The lowest BCUT2D eigenvalue weighted by molar-refractivity contribution is -0.147. The van der Waals surface area contributed by atoms with E-state index in [0.717, 1.165) is 12.8 Å². The van der Waals surface area contributed by atoms with Crippen molar-refractivity contribution in [3.05, 3.63) is 24.3 Å². The molecule has 0 bridgehead atoms. The van der Waals surface area contributed by atoms with E-state index in [2.05, 4.69) is 5.32 Å². The molecule has 1 amide bonds.